The fraction of sp³-hybridized carbons (Fsp3) is 0.312. The van der Waals surface area contributed by atoms with Crippen molar-refractivity contribution in [2.75, 3.05) is 25.6 Å². The van der Waals surface area contributed by atoms with E-state index in [1.165, 1.54) is 25.4 Å². The second-order valence-electron chi connectivity index (χ2n) is 4.54. The van der Waals surface area contributed by atoms with Crippen molar-refractivity contribution in [2.24, 2.45) is 0 Å². The predicted molar refractivity (Wildman–Crippen MR) is 85.3 cm³/mol. The lowest BCUT2D eigenvalue weighted by Crippen LogP contribution is -2.14. The minimum Gasteiger partial charge on any atom is -0.494 e. The van der Waals surface area contributed by atoms with Crippen LogP contribution in [0.5, 0.6) is 17.6 Å². The van der Waals surface area contributed by atoms with E-state index in [4.69, 9.17) is 14.2 Å². The first-order valence-corrected chi connectivity index (χ1v) is 7.36. The Morgan fingerprint density at radius 1 is 1.25 bits per heavy atom. The van der Waals surface area contributed by atoms with E-state index in [1.807, 2.05) is 0 Å². The molecular weight excluding hydrogens is 317 g/mol. The normalized spacial score (nSPS) is 10.2. The molecule has 1 heterocycles. The molecule has 0 aliphatic heterocycles. The SMILES string of the molecule is CCOc1ncc(NC(=O)c2ccc(OC)c(F)c2)c(OCC)n1. The molecule has 0 fully saturated rings. The minimum absolute atomic E-state index is 0.0611. The number of carbonyl (C=O) groups excluding carboxylic acids is 1. The molecule has 0 aliphatic carbocycles. The molecule has 2 aromatic rings. The summed E-state index contributed by atoms with van der Waals surface area (Å²) in [5, 5.41) is 2.59. The lowest BCUT2D eigenvalue weighted by atomic mass is 10.2. The van der Waals surface area contributed by atoms with Gasteiger partial charge < -0.3 is 19.5 Å². The molecule has 0 bridgehead atoms. The van der Waals surface area contributed by atoms with Gasteiger partial charge in [0.2, 0.25) is 5.88 Å². The van der Waals surface area contributed by atoms with Crippen molar-refractivity contribution in [3.8, 4) is 17.6 Å². The number of carbonyl (C=O) groups is 1. The molecule has 128 valence electrons. The first-order valence-electron chi connectivity index (χ1n) is 7.36. The first kappa shape index (κ1) is 17.5. The molecule has 8 heteroatoms. The molecule has 0 unspecified atom stereocenters. The maximum Gasteiger partial charge on any atom is 0.319 e. The van der Waals surface area contributed by atoms with Gasteiger partial charge in [0.1, 0.15) is 5.69 Å². The zero-order chi connectivity index (χ0) is 17.5. The Kier molecular flexibility index (Phi) is 5.89. The lowest BCUT2D eigenvalue weighted by Gasteiger charge is -2.11. The number of nitrogens with zero attached hydrogens (tertiary/aromatic N) is 2. The Bertz CT molecular complexity index is 724. The monoisotopic (exact) mass is 335 g/mol. The van der Waals surface area contributed by atoms with E-state index in [-0.39, 0.29) is 28.9 Å². The quantitative estimate of drug-likeness (QED) is 0.838. The minimum atomic E-state index is -0.627. The molecule has 0 spiro atoms. The number of amides is 1. The Morgan fingerprint density at radius 2 is 2.00 bits per heavy atom. The van der Waals surface area contributed by atoms with Gasteiger partial charge in [-0.05, 0) is 32.0 Å². The summed E-state index contributed by atoms with van der Waals surface area (Å²) in [6, 6.07) is 4.06. The standard InChI is InChI=1S/C16H18FN3O4/c1-4-23-15-12(9-18-16(20-15)24-5-2)19-14(21)10-6-7-13(22-3)11(17)8-10/h6-9H,4-5H2,1-3H3,(H,19,21). The molecular formula is C16H18FN3O4. The second kappa shape index (κ2) is 8.09. The van der Waals surface area contributed by atoms with E-state index in [1.54, 1.807) is 13.8 Å². The van der Waals surface area contributed by atoms with Crippen molar-refractivity contribution in [3.05, 3.63) is 35.8 Å². The fourth-order valence-corrected chi connectivity index (χ4v) is 1.88. The predicted octanol–water partition coefficient (Wildman–Crippen LogP) is 2.67. The van der Waals surface area contributed by atoms with Crippen LogP contribution in [0.2, 0.25) is 0 Å². The highest BCUT2D eigenvalue weighted by molar-refractivity contribution is 6.04. The summed E-state index contributed by atoms with van der Waals surface area (Å²) in [4.78, 5) is 20.3. The molecule has 2 rings (SSSR count). The largest absolute Gasteiger partial charge is 0.494 e. The van der Waals surface area contributed by atoms with Crippen LogP contribution in [0.1, 0.15) is 24.2 Å². The Morgan fingerprint density at radius 3 is 2.62 bits per heavy atom. The first-order chi connectivity index (χ1) is 11.6. The lowest BCUT2D eigenvalue weighted by molar-refractivity contribution is 0.102. The maximum atomic E-state index is 13.7. The van der Waals surface area contributed by atoms with Gasteiger partial charge in [-0.1, -0.05) is 0 Å². The van der Waals surface area contributed by atoms with Crippen molar-refractivity contribution < 1.29 is 23.4 Å². The van der Waals surface area contributed by atoms with Crippen molar-refractivity contribution in [1.82, 2.24) is 9.97 Å². The number of benzene rings is 1. The van der Waals surface area contributed by atoms with Gasteiger partial charge in [-0.15, -0.1) is 0 Å². The molecule has 0 radical (unpaired) electrons. The molecule has 7 nitrogen and oxygen atoms in total. The molecule has 1 N–H and O–H groups in total. The Labute approximate surface area is 138 Å². The van der Waals surface area contributed by atoms with Gasteiger partial charge in [0.15, 0.2) is 11.6 Å². The third-order valence-corrected chi connectivity index (χ3v) is 2.95. The van der Waals surface area contributed by atoms with Crippen LogP contribution in [-0.4, -0.2) is 36.2 Å². The van der Waals surface area contributed by atoms with Crippen LogP contribution in [0.15, 0.2) is 24.4 Å². The van der Waals surface area contributed by atoms with Crippen LogP contribution >= 0.6 is 0 Å². The number of anilines is 1. The van der Waals surface area contributed by atoms with Gasteiger partial charge in [-0.25, -0.2) is 9.37 Å². The van der Waals surface area contributed by atoms with E-state index >= 15 is 0 Å². The van der Waals surface area contributed by atoms with E-state index in [0.29, 0.717) is 13.2 Å². The number of aromatic nitrogens is 2. The third kappa shape index (κ3) is 4.09. The highest BCUT2D eigenvalue weighted by Gasteiger charge is 2.15. The highest BCUT2D eigenvalue weighted by Crippen LogP contribution is 2.24. The molecule has 24 heavy (non-hydrogen) atoms. The molecule has 0 aliphatic rings. The zero-order valence-corrected chi connectivity index (χ0v) is 13.6. The summed E-state index contributed by atoms with van der Waals surface area (Å²) < 4.78 is 29.1. The van der Waals surface area contributed by atoms with Crippen molar-refractivity contribution >= 4 is 11.6 Å². The van der Waals surface area contributed by atoms with Gasteiger partial charge >= 0.3 is 6.01 Å². The van der Waals surface area contributed by atoms with Crippen molar-refractivity contribution in [1.29, 1.82) is 0 Å². The van der Waals surface area contributed by atoms with Crippen LogP contribution in [0.4, 0.5) is 10.1 Å². The van der Waals surface area contributed by atoms with Crippen LogP contribution in [0.3, 0.4) is 0 Å². The van der Waals surface area contributed by atoms with E-state index in [2.05, 4.69) is 15.3 Å². The van der Waals surface area contributed by atoms with Crippen molar-refractivity contribution in [2.45, 2.75) is 13.8 Å². The smallest absolute Gasteiger partial charge is 0.319 e. The molecule has 0 saturated heterocycles. The third-order valence-electron chi connectivity index (χ3n) is 2.95. The van der Waals surface area contributed by atoms with E-state index in [9.17, 15) is 9.18 Å². The summed E-state index contributed by atoms with van der Waals surface area (Å²) in [5.41, 5.74) is 0.395. The van der Waals surface area contributed by atoms with E-state index < -0.39 is 11.7 Å². The number of ether oxygens (including phenoxy) is 3. The fourth-order valence-electron chi connectivity index (χ4n) is 1.88. The zero-order valence-electron chi connectivity index (χ0n) is 13.6. The topological polar surface area (TPSA) is 82.6 Å². The van der Waals surface area contributed by atoms with Crippen LogP contribution in [0, 0.1) is 5.82 Å². The van der Waals surface area contributed by atoms with Gasteiger partial charge in [0.25, 0.3) is 5.91 Å². The van der Waals surface area contributed by atoms with Gasteiger partial charge in [-0.3, -0.25) is 4.79 Å². The van der Waals surface area contributed by atoms with Crippen molar-refractivity contribution in [3.63, 3.8) is 0 Å². The Balaban J connectivity index is 2.22. The van der Waals surface area contributed by atoms with Crippen LogP contribution in [-0.2, 0) is 0 Å². The highest BCUT2D eigenvalue weighted by atomic mass is 19.1. The second-order valence-corrected chi connectivity index (χ2v) is 4.54. The number of hydrogen-bond donors (Lipinski definition) is 1. The summed E-state index contributed by atoms with van der Waals surface area (Å²) in [6.45, 7) is 4.34. The van der Waals surface area contributed by atoms with E-state index in [0.717, 1.165) is 6.07 Å². The number of halogens is 1. The number of nitrogens with one attached hydrogen (secondary N) is 1. The molecule has 0 atom stereocenters. The molecule has 1 amide bonds. The average molecular weight is 335 g/mol. The number of methoxy groups -OCH3 is 1. The molecule has 0 saturated carbocycles. The summed E-state index contributed by atoms with van der Waals surface area (Å²) in [7, 11) is 1.35. The molecule has 1 aromatic heterocycles. The average Bonchev–Trinajstić information content (AvgIpc) is 2.57. The van der Waals surface area contributed by atoms with Gasteiger partial charge in [0.05, 0.1) is 26.5 Å². The molecule has 1 aromatic carbocycles. The summed E-state index contributed by atoms with van der Waals surface area (Å²) in [5.74, 6) is -0.910. The van der Waals surface area contributed by atoms with Gasteiger partial charge in [-0.2, -0.15) is 4.98 Å². The number of rotatable bonds is 7. The number of hydrogen-bond acceptors (Lipinski definition) is 6. The Hall–Kier alpha value is -2.90. The summed E-state index contributed by atoms with van der Waals surface area (Å²) >= 11 is 0. The van der Waals surface area contributed by atoms with Crippen LogP contribution in [0.25, 0.3) is 0 Å². The maximum absolute atomic E-state index is 13.7. The van der Waals surface area contributed by atoms with Crippen LogP contribution < -0.4 is 19.5 Å². The van der Waals surface area contributed by atoms with Gasteiger partial charge in [0, 0.05) is 5.56 Å². The summed E-state index contributed by atoms with van der Waals surface area (Å²) in [6.07, 6.45) is 1.38.